The Balaban J connectivity index is 1.52. The molecule has 0 aromatic heterocycles. The Morgan fingerprint density at radius 3 is 2.47 bits per heavy atom. The van der Waals surface area contributed by atoms with Crippen LogP contribution < -0.4 is 9.64 Å². The summed E-state index contributed by atoms with van der Waals surface area (Å²) in [7, 11) is 0. The molecule has 1 aromatic rings. The fourth-order valence-electron chi connectivity index (χ4n) is 4.52. The fraction of sp³-hybridized carbons (Fsp3) is 0.630. The Kier molecular flexibility index (Phi) is 8.02. The third kappa shape index (κ3) is 7.11. The Bertz CT molecular complexity index is 820. The average Bonchev–Trinajstić information content (AvgIpc) is 2.92. The van der Waals surface area contributed by atoms with E-state index in [4.69, 9.17) is 4.74 Å². The summed E-state index contributed by atoms with van der Waals surface area (Å²) in [6.07, 6.45) is 8.60. The van der Waals surface area contributed by atoms with Crippen molar-refractivity contribution in [3.05, 3.63) is 35.9 Å². The molecule has 0 N–H and O–H groups in total. The molecule has 5 nitrogen and oxygen atoms in total. The van der Waals surface area contributed by atoms with Crippen LogP contribution in [0.4, 0.5) is 5.69 Å². The highest BCUT2D eigenvalue weighted by atomic mass is 16.5. The van der Waals surface area contributed by atoms with Gasteiger partial charge in [-0.3, -0.25) is 9.59 Å². The van der Waals surface area contributed by atoms with Gasteiger partial charge in [-0.1, -0.05) is 46.3 Å². The molecule has 1 aliphatic heterocycles. The zero-order chi connectivity index (χ0) is 23.3. The number of carbonyl (C=O) groups is 2. The molecular weight excluding hydrogens is 400 g/mol. The van der Waals surface area contributed by atoms with Crippen molar-refractivity contribution in [2.24, 2.45) is 11.3 Å². The first-order valence-corrected chi connectivity index (χ1v) is 12.1. The maximum Gasteiger partial charge on any atom is 0.246 e. The second-order valence-electron chi connectivity index (χ2n) is 10.9. The fourth-order valence-corrected chi connectivity index (χ4v) is 4.52. The van der Waals surface area contributed by atoms with E-state index < -0.39 is 0 Å². The molecule has 0 spiro atoms. The van der Waals surface area contributed by atoms with Gasteiger partial charge in [0.2, 0.25) is 11.8 Å². The van der Waals surface area contributed by atoms with Crippen molar-refractivity contribution in [1.82, 2.24) is 4.90 Å². The summed E-state index contributed by atoms with van der Waals surface area (Å²) in [5.41, 5.74) is 2.36. The minimum absolute atomic E-state index is 0.0281. The summed E-state index contributed by atoms with van der Waals surface area (Å²) in [4.78, 5) is 28.7. The number of allylic oxidation sites excluding steroid dienone is 2. The molecule has 1 atom stereocenters. The number of hydrogen-bond acceptors (Lipinski definition) is 3. The van der Waals surface area contributed by atoms with Crippen LogP contribution in [-0.2, 0) is 9.59 Å². The Labute approximate surface area is 193 Å². The molecule has 2 amide bonds. The minimum atomic E-state index is -0.0729. The Hall–Kier alpha value is -2.30. The second kappa shape index (κ2) is 10.5. The van der Waals surface area contributed by atoms with Gasteiger partial charge in [0.25, 0.3) is 0 Å². The molecule has 1 aliphatic carbocycles. The van der Waals surface area contributed by atoms with E-state index in [-0.39, 0.29) is 29.9 Å². The van der Waals surface area contributed by atoms with Crippen LogP contribution in [0.3, 0.4) is 0 Å². The van der Waals surface area contributed by atoms with Gasteiger partial charge in [-0.05, 0) is 67.7 Å². The standard InChI is InChI=1S/C27H40N2O3/c1-20(2)17-21-7-6-8-23(12-9-21)32-24-13-10-22(11-14-24)29-16-15-28(19-26(29)31)25(30)18-27(3,4)5/h7,10-11,13-14,20,23H,6,8-9,12,15-19H2,1-5H3. The number of ether oxygens (including phenoxy) is 1. The maximum atomic E-state index is 12.7. The zero-order valence-corrected chi connectivity index (χ0v) is 20.5. The van der Waals surface area contributed by atoms with E-state index >= 15 is 0 Å². The number of carbonyl (C=O) groups excluding carboxylic acids is 2. The predicted molar refractivity (Wildman–Crippen MR) is 130 cm³/mol. The monoisotopic (exact) mass is 440 g/mol. The van der Waals surface area contributed by atoms with Crippen LogP contribution >= 0.6 is 0 Å². The van der Waals surface area contributed by atoms with Crippen molar-refractivity contribution in [2.75, 3.05) is 24.5 Å². The zero-order valence-electron chi connectivity index (χ0n) is 20.5. The molecule has 1 fully saturated rings. The number of benzene rings is 1. The van der Waals surface area contributed by atoms with Crippen molar-refractivity contribution in [2.45, 2.75) is 79.2 Å². The van der Waals surface area contributed by atoms with Crippen LogP contribution in [0, 0.1) is 11.3 Å². The average molecular weight is 441 g/mol. The van der Waals surface area contributed by atoms with Gasteiger partial charge >= 0.3 is 0 Å². The van der Waals surface area contributed by atoms with Crippen LogP contribution in [0.5, 0.6) is 5.75 Å². The van der Waals surface area contributed by atoms with Crippen molar-refractivity contribution < 1.29 is 14.3 Å². The number of piperazine rings is 1. The van der Waals surface area contributed by atoms with Crippen molar-refractivity contribution >= 4 is 17.5 Å². The first kappa shape index (κ1) is 24.3. The normalized spacial score (nSPS) is 20.2. The largest absolute Gasteiger partial charge is 0.490 e. The van der Waals surface area contributed by atoms with Crippen LogP contribution in [0.25, 0.3) is 0 Å². The number of anilines is 1. The van der Waals surface area contributed by atoms with Crippen LogP contribution in [0.2, 0.25) is 0 Å². The highest BCUT2D eigenvalue weighted by Gasteiger charge is 2.30. The predicted octanol–water partition coefficient (Wildman–Crippen LogP) is 5.59. The number of hydrogen-bond donors (Lipinski definition) is 0. The molecule has 32 heavy (non-hydrogen) atoms. The summed E-state index contributed by atoms with van der Waals surface area (Å²) in [5.74, 6) is 1.59. The van der Waals surface area contributed by atoms with E-state index in [0.29, 0.717) is 25.4 Å². The van der Waals surface area contributed by atoms with Crippen molar-refractivity contribution in [3.63, 3.8) is 0 Å². The van der Waals surface area contributed by atoms with E-state index in [1.165, 1.54) is 6.42 Å². The lowest BCUT2D eigenvalue weighted by Crippen LogP contribution is -2.52. The van der Waals surface area contributed by atoms with Crippen LogP contribution in [0.15, 0.2) is 35.9 Å². The molecule has 0 radical (unpaired) electrons. The van der Waals surface area contributed by atoms with Gasteiger partial charge in [-0.15, -0.1) is 0 Å². The summed E-state index contributed by atoms with van der Waals surface area (Å²) < 4.78 is 6.26. The lowest BCUT2D eigenvalue weighted by atomic mass is 9.91. The van der Waals surface area contributed by atoms with Gasteiger partial charge in [0.15, 0.2) is 0 Å². The molecule has 2 aliphatic rings. The van der Waals surface area contributed by atoms with Gasteiger partial charge in [-0.2, -0.15) is 0 Å². The molecule has 1 saturated heterocycles. The SMILES string of the molecule is CC(C)CC1=CCCC(Oc2ccc(N3CCN(C(=O)CC(C)(C)C)CC3=O)cc2)CC1. The minimum Gasteiger partial charge on any atom is -0.490 e. The second-order valence-corrected chi connectivity index (χ2v) is 10.9. The Morgan fingerprint density at radius 2 is 1.84 bits per heavy atom. The van der Waals surface area contributed by atoms with Gasteiger partial charge in [0.1, 0.15) is 12.3 Å². The molecule has 1 unspecified atom stereocenters. The first-order valence-electron chi connectivity index (χ1n) is 12.1. The number of amides is 2. The highest BCUT2D eigenvalue weighted by molar-refractivity contribution is 5.98. The molecule has 1 heterocycles. The molecular formula is C27H40N2O3. The van der Waals surface area contributed by atoms with Crippen LogP contribution in [0.1, 0.15) is 73.1 Å². The van der Waals surface area contributed by atoms with E-state index in [2.05, 4.69) is 19.9 Å². The first-order chi connectivity index (χ1) is 15.1. The van der Waals surface area contributed by atoms with E-state index in [1.54, 1.807) is 15.4 Å². The number of nitrogens with zero attached hydrogens (tertiary/aromatic N) is 2. The van der Waals surface area contributed by atoms with E-state index in [1.807, 2.05) is 45.0 Å². The third-order valence-corrected chi connectivity index (χ3v) is 6.09. The van der Waals surface area contributed by atoms with E-state index in [0.717, 1.165) is 37.1 Å². The van der Waals surface area contributed by atoms with Gasteiger partial charge in [-0.25, -0.2) is 0 Å². The van der Waals surface area contributed by atoms with Gasteiger partial charge in [0, 0.05) is 25.2 Å². The molecule has 0 bridgehead atoms. The lowest BCUT2D eigenvalue weighted by molar-refractivity contribution is -0.138. The molecule has 1 aromatic carbocycles. The quantitative estimate of drug-likeness (QED) is 0.542. The summed E-state index contributed by atoms with van der Waals surface area (Å²) >= 11 is 0. The smallest absolute Gasteiger partial charge is 0.246 e. The Morgan fingerprint density at radius 1 is 1.12 bits per heavy atom. The molecule has 0 saturated carbocycles. The van der Waals surface area contributed by atoms with Crippen molar-refractivity contribution in [1.29, 1.82) is 0 Å². The lowest BCUT2D eigenvalue weighted by Gasteiger charge is -2.35. The molecule has 5 heteroatoms. The summed E-state index contributed by atoms with van der Waals surface area (Å²) in [5, 5.41) is 0. The van der Waals surface area contributed by atoms with Crippen LogP contribution in [-0.4, -0.2) is 42.5 Å². The van der Waals surface area contributed by atoms with Crippen molar-refractivity contribution in [3.8, 4) is 5.75 Å². The summed E-state index contributed by atoms with van der Waals surface area (Å²) in [6.45, 7) is 11.9. The molecule has 176 valence electrons. The van der Waals surface area contributed by atoms with Gasteiger partial charge in [0.05, 0.1) is 6.10 Å². The number of rotatable bonds is 6. The topological polar surface area (TPSA) is 49.9 Å². The maximum absolute atomic E-state index is 12.7. The summed E-state index contributed by atoms with van der Waals surface area (Å²) in [6, 6.07) is 7.85. The molecule has 3 rings (SSSR count). The van der Waals surface area contributed by atoms with E-state index in [9.17, 15) is 9.59 Å². The highest BCUT2D eigenvalue weighted by Crippen LogP contribution is 2.28. The van der Waals surface area contributed by atoms with Gasteiger partial charge < -0.3 is 14.5 Å². The third-order valence-electron chi connectivity index (χ3n) is 6.09.